The highest BCUT2D eigenvalue weighted by Gasteiger charge is 2.14. The van der Waals surface area contributed by atoms with Crippen molar-refractivity contribution >= 4 is 5.91 Å². The second-order valence-electron chi connectivity index (χ2n) is 5.76. The monoisotopic (exact) mass is 335 g/mol. The van der Waals surface area contributed by atoms with Crippen molar-refractivity contribution in [3.05, 3.63) is 84.2 Å². The number of ether oxygens (including phenoxy) is 1. The molecule has 0 aliphatic rings. The van der Waals surface area contributed by atoms with Crippen LogP contribution in [-0.4, -0.2) is 21.8 Å². The number of aromatic nitrogens is 2. The molecule has 0 saturated heterocycles. The average molecular weight is 335 g/mol. The molecular weight excluding hydrogens is 314 g/mol. The van der Waals surface area contributed by atoms with Gasteiger partial charge in [0.1, 0.15) is 5.75 Å². The maximum absolute atomic E-state index is 12.3. The second-order valence-corrected chi connectivity index (χ2v) is 5.76. The Labute approximate surface area is 147 Å². The predicted molar refractivity (Wildman–Crippen MR) is 96.1 cm³/mol. The molecule has 1 aromatic heterocycles. The van der Waals surface area contributed by atoms with Crippen LogP contribution in [0.2, 0.25) is 0 Å². The van der Waals surface area contributed by atoms with Crippen LogP contribution < -0.4 is 10.1 Å². The summed E-state index contributed by atoms with van der Waals surface area (Å²) in [5.74, 6) is 0.543. The van der Waals surface area contributed by atoms with Crippen LogP contribution in [-0.2, 0) is 17.9 Å². The number of carbonyl (C=O) groups excluding carboxylic acids is 1. The van der Waals surface area contributed by atoms with Gasteiger partial charge in [-0.25, -0.2) is 0 Å². The summed E-state index contributed by atoms with van der Waals surface area (Å²) >= 11 is 0. The van der Waals surface area contributed by atoms with Gasteiger partial charge in [-0.15, -0.1) is 0 Å². The lowest BCUT2D eigenvalue weighted by molar-refractivity contribution is -0.127. The first-order valence-electron chi connectivity index (χ1n) is 8.26. The first-order valence-corrected chi connectivity index (χ1v) is 8.26. The zero-order chi connectivity index (χ0) is 17.5. The quantitative estimate of drug-likeness (QED) is 0.722. The molecule has 0 saturated carbocycles. The van der Waals surface area contributed by atoms with Crippen LogP contribution in [0.4, 0.5) is 0 Å². The van der Waals surface area contributed by atoms with Gasteiger partial charge in [-0.3, -0.25) is 9.48 Å². The van der Waals surface area contributed by atoms with Gasteiger partial charge in [-0.1, -0.05) is 42.5 Å². The summed E-state index contributed by atoms with van der Waals surface area (Å²) in [5, 5.41) is 7.18. The van der Waals surface area contributed by atoms with E-state index in [1.54, 1.807) is 13.1 Å². The van der Waals surface area contributed by atoms with E-state index >= 15 is 0 Å². The molecule has 5 nitrogen and oxygen atoms in total. The molecule has 1 N–H and O–H groups in total. The van der Waals surface area contributed by atoms with Crippen molar-refractivity contribution in [2.45, 2.75) is 26.1 Å². The Kier molecular flexibility index (Phi) is 5.46. The van der Waals surface area contributed by atoms with Gasteiger partial charge in [0.25, 0.3) is 5.91 Å². The fourth-order valence-corrected chi connectivity index (χ4v) is 2.54. The summed E-state index contributed by atoms with van der Waals surface area (Å²) in [4.78, 5) is 12.3. The number of hydrogen-bond donors (Lipinski definition) is 1. The summed E-state index contributed by atoms with van der Waals surface area (Å²) in [6, 6.07) is 19.3. The number of benzene rings is 2. The van der Waals surface area contributed by atoms with Gasteiger partial charge >= 0.3 is 0 Å². The Morgan fingerprint density at radius 3 is 2.52 bits per heavy atom. The van der Waals surface area contributed by atoms with Gasteiger partial charge in [-0.2, -0.15) is 5.10 Å². The maximum atomic E-state index is 12.3. The first kappa shape index (κ1) is 16.8. The number of amides is 1. The molecule has 0 radical (unpaired) electrons. The van der Waals surface area contributed by atoms with Gasteiger partial charge in [0.15, 0.2) is 6.10 Å². The lowest BCUT2D eigenvalue weighted by atomic mass is 10.1. The molecule has 128 valence electrons. The molecule has 1 heterocycles. The third-order valence-corrected chi connectivity index (χ3v) is 3.89. The minimum absolute atomic E-state index is 0.141. The van der Waals surface area contributed by atoms with E-state index in [4.69, 9.17) is 4.74 Å². The van der Waals surface area contributed by atoms with Gasteiger partial charge in [0.05, 0.1) is 6.54 Å². The highest BCUT2D eigenvalue weighted by atomic mass is 16.5. The lowest BCUT2D eigenvalue weighted by Gasteiger charge is -2.16. The molecule has 25 heavy (non-hydrogen) atoms. The van der Waals surface area contributed by atoms with Crippen molar-refractivity contribution in [3.8, 4) is 5.75 Å². The summed E-state index contributed by atoms with van der Waals surface area (Å²) in [6.45, 7) is 2.88. The number of nitrogens with zero attached hydrogens (tertiary/aromatic N) is 2. The molecule has 3 aromatic rings. The molecule has 1 amide bonds. The van der Waals surface area contributed by atoms with Crippen LogP contribution in [0.25, 0.3) is 0 Å². The van der Waals surface area contributed by atoms with Crippen LogP contribution in [0, 0.1) is 0 Å². The van der Waals surface area contributed by atoms with Crippen LogP contribution in [0.15, 0.2) is 73.1 Å². The average Bonchev–Trinajstić information content (AvgIpc) is 3.14. The topological polar surface area (TPSA) is 56.1 Å². The highest BCUT2D eigenvalue weighted by molar-refractivity contribution is 5.80. The van der Waals surface area contributed by atoms with Gasteiger partial charge in [0, 0.05) is 18.9 Å². The number of rotatable bonds is 7. The molecule has 5 heteroatoms. The van der Waals surface area contributed by atoms with E-state index in [0.29, 0.717) is 18.8 Å². The van der Waals surface area contributed by atoms with Crippen LogP contribution in [0.5, 0.6) is 5.75 Å². The molecule has 0 spiro atoms. The van der Waals surface area contributed by atoms with Crippen molar-refractivity contribution in [2.75, 3.05) is 0 Å². The van der Waals surface area contributed by atoms with E-state index in [-0.39, 0.29) is 5.91 Å². The van der Waals surface area contributed by atoms with E-state index in [2.05, 4.69) is 10.4 Å². The molecule has 0 bridgehead atoms. The number of para-hydroxylation sites is 1. The Hall–Kier alpha value is -3.08. The minimum atomic E-state index is -0.555. The fraction of sp³-hybridized carbons (Fsp3) is 0.200. The Balaban J connectivity index is 1.58. The molecule has 1 atom stereocenters. The molecule has 0 aliphatic carbocycles. The first-order chi connectivity index (χ1) is 12.2. The summed E-state index contributed by atoms with van der Waals surface area (Å²) < 4.78 is 7.52. The van der Waals surface area contributed by atoms with Crippen molar-refractivity contribution in [3.63, 3.8) is 0 Å². The molecule has 3 rings (SSSR count). The van der Waals surface area contributed by atoms with Gasteiger partial charge in [0.2, 0.25) is 0 Å². The van der Waals surface area contributed by atoms with Gasteiger partial charge < -0.3 is 10.1 Å². The highest BCUT2D eigenvalue weighted by Crippen LogP contribution is 2.12. The molecule has 0 aliphatic heterocycles. The van der Waals surface area contributed by atoms with Crippen molar-refractivity contribution < 1.29 is 9.53 Å². The van der Waals surface area contributed by atoms with Gasteiger partial charge in [-0.05, 0) is 36.2 Å². The van der Waals surface area contributed by atoms with Crippen LogP contribution in [0.1, 0.15) is 18.1 Å². The van der Waals surface area contributed by atoms with E-state index < -0.39 is 6.10 Å². The third kappa shape index (κ3) is 4.70. The predicted octanol–water partition coefficient (Wildman–Crippen LogP) is 3.02. The SMILES string of the molecule is CC(Oc1ccccc1)C(=O)NCc1ccccc1Cn1cccn1. The molecule has 1 unspecified atom stereocenters. The Morgan fingerprint density at radius 2 is 1.80 bits per heavy atom. The molecule has 2 aromatic carbocycles. The van der Waals surface area contributed by atoms with Crippen molar-refractivity contribution in [2.24, 2.45) is 0 Å². The van der Waals surface area contributed by atoms with Crippen LogP contribution >= 0.6 is 0 Å². The van der Waals surface area contributed by atoms with Crippen LogP contribution in [0.3, 0.4) is 0 Å². The molecule has 0 fully saturated rings. The van der Waals surface area contributed by atoms with E-state index in [1.807, 2.05) is 71.5 Å². The fourth-order valence-electron chi connectivity index (χ4n) is 2.54. The maximum Gasteiger partial charge on any atom is 0.261 e. The van der Waals surface area contributed by atoms with Crippen molar-refractivity contribution in [1.82, 2.24) is 15.1 Å². The summed E-state index contributed by atoms with van der Waals surface area (Å²) in [6.07, 6.45) is 3.12. The smallest absolute Gasteiger partial charge is 0.261 e. The zero-order valence-electron chi connectivity index (χ0n) is 14.1. The number of hydrogen-bond acceptors (Lipinski definition) is 3. The van der Waals surface area contributed by atoms with Crippen molar-refractivity contribution in [1.29, 1.82) is 0 Å². The second kappa shape index (κ2) is 8.15. The Morgan fingerprint density at radius 1 is 1.08 bits per heavy atom. The van der Waals surface area contributed by atoms with E-state index in [9.17, 15) is 4.79 Å². The minimum Gasteiger partial charge on any atom is -0.481 e. The standard InChI is InChI=1S/C20H21N3O2/c1-16(25-19-10-3-2-4-11-19)20(24)21-14-17-8-5-6-9-18(17)15-23-13-7-12-22-23/h2-13,16H,14-15H2,1H3,(H,21,24). The summed E-state index contributed by atoms with van der Waals surface area (Å²) in [7, 11) is 0. The number of nitrogens with one attached hydrogen (secondary N) is 1. The lowest BCUT2D eigenvalue weighted by Crippen LogP contribution is -2.36. The third-order valence-electron chi connectivity index (χ3n) is 3.89. The van der Waals surface area contributed by atoms with E-state index in [0.717, 1.165) is 11.1 Å². The Bertz CT molecular complexity index is 801. The number of carbonyl (C=O) groups is 1. The normalized spacial score (nSPS) is 11.7. The zero-order valence-corrected chi connectivity index (χ0v) is 14.1. The largest absolute Gasteiger partial charge is 0.481 e. The molecular formula is C20H21N3O2. The van der Waals surface area contributed by atoms with E-state index in [1.165, 1.54) is 0 Å². The summed E-state index contributed by atoms with van der Waals surface area (Å²) in [5.41, 5.74) is 2.20.